The van der Waals surface area contributed by atoms with Crippen molar-refractivity contribution in [1.82, 2.24) is 14.9 Å². The highest BCUT2D eigenvalue weighted by Crippen LogP contribution is 2.18. The summed E-state index contributed by atoms with van der Waals surface area (Å²) in [5.74, 6) is 0.750. The molecule has 4 rings (SSSR count). The summed E-state index contributed by atoms with van der Waals surface area (Å²) in [4.78, 5) is 21.9. The van der Waals surface area contributed by atoms with Crippen molar-refractivity contribution in [3.63, 3.8) is 0 Å². The highest BCUT2D eigenvalue weighted by molar-refractivity contribution is 7.17. The van der Waals surface area contributed by atoms with E-state index in [9.17, 15) is 4.79 Å². The zero-order valence-electron chi connectivity index (χ0n) is 14.0. The lowest BCUT2D eigenvalue weighted by Crippen LogP contribution is -2.37. The van der Waals surface area contributed by atoms with Gasteiger partial charge in [-0.05, 0) is 29.9 Å². The van der Waals surface area contributed by atoms with Gasteiger partial charge in [-0.15, -0.1) is 11.3 Å². The second-order valence-corrected chi connectivity index (χ2v) is 7.34. The Morgan fingerprint density at radius 1 is 1.20 bits per heavy atom. The zero-order chi connectivity index (χ0) is 17.1. The Balaban J connectivity index is 1.30. The Hall–Kier alpha value is -2.02. The lowest BCUT2D eigenvalue weighted by Gasteiger charge is -2.31. The molecule has 0 aliphatic carbocycles. The molecule has 1 saturated heterocycles. The standard InChI is InChI=1S/C19H21N3O2S/c23-19-18-16(8-11-25-18)20-17(21-19)12-22-9-6-15(7-10-22)24-13-14-4-2-1-3-5-14/h1-5,8,11,15H,6-7,9-10,12-13H2,(H,20,21,23). The fourth-order valence-corrected chi connectivity index (χ4v) is 3.96. The maximum Gasteiger partial charge on any atom is 0.268 e. The van der Waals surface area contributed by atoms with Gasteiger partial charge in [-0.25, -0.2) is 4.98 Å². The molecule has 2 aromatic heterocycles. The summed E-state index contributed by atoms with van der Waals surface area (Å²) in [6.45, 7) is 3.29. The maximum absolute atomic E-state index is 12.1. The number of hydrogen-bond donors (Lipinski definition) is 1. The first-order chi connectivity index (χ1) is 12.3. The van der Waals surface area contributed by atoms with E-state index in [0.717, 1.165) is 37.3 Å². The molecule has 5 nitrogen and oxygen atoms in total. The van der Waals surface area contributed by atoms with Crippen molar-refractivity contribution in [2.45, 2.75) is 32.1 Å². The van der Waals surface area contributed by atoms with Gasteiger partial charge in [0.15, 0.2) is 0 Å². The van der Waals surface area contributed by atoms with E-state index in [0.29, 0.717) is 24.0 Å². The highest BCUT2D eigenvalue weighted by atomic mass is 32.1. The molecule has 1 aliphatic rings. The molecule has 0 saturated carbocycles. The van der Waals surface area contributed by atoms with Crippen LogP contribution >= 0.6 is 11.3 Å². The average molecular weight is 355 g/mol. The minimum Gasteiger partial charge on any atom is -0.373 e. The van der Waals surface area contributed by atoms with Crippen molar-refractivity contribution in [1.29, 1.82) is 0 Å². The first-order valence-corrected chi connectivity index (χ1v) is 9.50. The van der Waals surface area contributed by atoms with Gasteiger partial charge in [-0.3, -0.25) is 9.69 Å². The molecular weight excluding hydrogens is 334 g/mol. The molecule has 3 aromatic rings. The number of benzene rings is 1. The number of nitrogens with one attached hydrogen (secondary N) is 1. The van der Waals surface area contributed by atoms with Crippen LogP contribution in [0, 0.1) is 0 Å². The number of fused-ring (bicyclic) bond motifs is 1. The van der Waals surface area contributed by atoms with Crippen molar-refractivity contribution in [3.8, 4) is 0 Å². The van der Waals surface area contributed by atoms with Crippen LogP contribution in [0.15, 0.2) is 46.6 Å². The molecule has 0 amide bonds. The minimum atomic E-state index is -0.0314. The van der Waals surface area contributed by atoms with Crippen molar-refractivity contribution < 1.29 is 4.74 Å². The molecule has 0 spiro atoms. The number of aromatic nitrogens is 2. The molecule has 3 heterocycles. The van der Waals surface area contributed by atoms with E-state index in [-0.39, 0.29) is 5.56 Å². The SMILES string of the molecule is O=c1[nH]c(CN2CCC(OCc3ccccc3)CC2)nc2ccsc12. The monoisotopic (exact) mass is 355 g/mol. The first-order valence-electron chi connectivity index (χ1n) is 8.62. The molecular formula is C19H21N3O2S. The van der Waals surface area contributed by atoms with E-state index in [1.54, 1.807) is 0 Å². The van der Waals surface area contributed by atoms with Gasteiger partial charge >= 0.3 is 0 Å². The van der Waals surface area contributed by atoms with Gasteiger partial charge in [0, 0.05) is 13.1 Å². The zero-order valence-corrected chi connectivity index (χ0v) is 14.8. The number of nitrogens with zero attached hydrogens (tertiary/aromatic N) is 2. The van der Waals surface area contributed by atoms with Crippen molar-refractivity contribution in [3.05, 3.63) is 63.5 Å². The number of thiophene rings is 1. The first kappa shape index (κ1) is 16.4. The van der Waals surface area contributed by atoms with E-state index in [1.807, 2.05) is 29.6 Å². The molecule has 1 aromatic carbocycles. The van der Waals surface area contributed by atoms with E-state index >= 15 is 0 Å². The summed E-state index contributed by atoms with van der Waals surface area (Å²) in [6, 6.07) is 12.2. The molecule has 0 bridgehead atoms. The van der Waals surface area contributed by atoms with Crippen LogP contribution in [0.1, 0.15) is 24.2 Å². The van der Waals surface area contributed by atoms with Crippen molar-refractivity contribution in [2.75, 3.05) is 13.1 Å². The number of likely N-dealkylation sites (tertiary alicyclic amines) is 1. The Labute approximate surface area is 150 Å². The summed E-state index contributed by atoms with van der Waals surface area (Å²) in [6.07, 6.45) is 2.33. The second kappa shape index (κ2) is 7.47. The van der Waals surface area contributed by atoms with Crippen molar-refractivity contribution in [2.24, 2.45) is 0 Å². The van der Waals surface area contributed by atoms with Gasteiger partial charge in [-0.2, -0.15) is 0 Å². The van der Waals surface area contributed by atoms with Gasteiger partial charge in [0.2, 0.25) is 0 Å². The van der Waals surface area contributed by atoms with Crippen molar-refractivity contribution >= 4 is 21.6 Å². The topological polar surface area (TPSA) is 58.2 Å². The fourth-order valence-electron chi connectivity index (χ4n) is 3.23. The van der Waals surface area contributed by atoms with Crippen LogP contribution in [-0.4, -0.2) is 34.1 Å². The van der Waals surface area contributed by atoms with Crippen LogP contribution < -0.4 is 5.56 Å². The highest BCUT2D eigenvalue weighted by Gasteiger charge is 2.20. The Kier molecular flexibility index (Phi) is 4.92. The van der Waals surface area contributed by atoms with E-state index in [2.05, 4.69) is 27.0 Å². The average Bonchev–Trinajstić information content (AvgIpc) is 3.11. The lowest BCUT2D eigenvalue weighted by atomic mass is 10.1. The number of ether oxygens (including phenoxy) is 1. The van der Waals surface area contributed by atoms with Crippen LogP contribution in [0.25, 0.3) is 10.2 Å². The van der Waals surface area contributed by atoms with Gasteiger partial charge in [0.05, 0.1) is 24.8 Å². The third kappa shape index (κ3) is 3.98. The van der Waals surface area contributed by atoms with Gasteiger partial charge in [0.25, 0.3) is 5.56 Å². The Morgan fingerprint density at radius 3 is 2.80 bits per heavy atom. The fraction of sp³-hybridized carbons (Fsp3) is 0.368. The number of piperidine rings is 1. The minimum absolute atomic E-state index is 0.0314. The van der Waals surface area contributed by atoms with E-state index in [4.69, 9.17) is 4.74 Å². The smallest absolute Gasteiger partial charge is 0.268 e. The molecule has 0 unspecified atom stereocenters. The Bertz CT molecular complexity index is 882. The summed E-state index contributed by atoms with van der Waals surface area (Å²) >= 11 is 1.44. The Morgan fingerprint density at radius 2 is 2.00 bits per heavy atom. The summed E-state index contributed by atoms with van der Waals surface area (Å²) < 4.78 is 6.74. The molecule has 1 aliphatic heterocycles. The van der Waals surface area contributed by atoms with Gasteiger partial charge < -0.3 is 9.72 Å². The number of rotatable bonds is 5. The largest absolute Gasteiger partial charge is 0.373 e. The second-order valence-electron chi connectivity index (χ2n) is 6.42. The van der Waals surface area contributed by atoms with Crippen LogP contribution in [0.4, 0.5) is 0 Å². The lowest BCUT2D eigenvalue weighted by molar-refractivity contribution is -0.00436. The molecule has 130 valence electrons. The predicted octanol–water partition coefficient (Wildman–Crippen LogP) is 3.17. The third-order valence-corrected chi connectivity index (χ3v) is 5.50. The molecule has 0 radical (unpaired) electrons. The van der Waals surface area contributed by atoms with Crippen LogP contribution in [0.2, 0.25) is 0 Å². The maximum atomic E-state index is 12.1. The van der Waals surface area contributed by atoms with Gasteiger partial charge in [-0.1, -0.05) is 30.3 Å². The molecule has 6 heteroatoms. The predicted molar refractivity (Wildman–Crippen MR) is 99.8 cm³/mol. The van der Waals surface area contributed by atoms with E-state index < -0.39 is 0 Å². The molecule has 1 N–H and O–H groups in total. The van der Waals surface area contributed by atoms with Crippen LogP contribution in [0.3, 0.4) is 0 Å². The normalized spacial score (nSPS) is 16.5. The number of hydrogen-bond acceptors (Lipinski definition) is 5. The summed E-state index contributed by atoms with van der Waals surface area (Å²) in [7, 11) is 0. The van der Waals surface area contributed by atoms with E-state index in [1.165, 1.54) is 16.9 Å². The van der Waals surface area contributed by atoms with Crippen LogP contribution in [-0.2, 0) is 17.9 Å². The quantitative estimate of drug-likeness (QED) is 0.764. The summed E-state index contributed by atoms with van der Waals surface area (Å²) in [5, 5.41) is 1.91. The third-order valence-electron chi connectivity index (χ3n) is 4.60. The van der Waals surface area contributed by atoms with Gasteiger partial charge in [0.1, 0.15) is 10.5 Å². The van der Waals surface area contributed by atoms with Crippen LogP contribution in [0.5, 0.6) is 0 Å². The number of H-pyrrole nitrogens is 1. The summed E-state index contributed by atoms with van der Waals surface area (Å²) in [5.41, 5.74) is 1.98. The molecule has 25 heavy (non-hydrogen) atoms. The molecule has 1 fully saturated rings. The number of aromatic amines is 1. The molecule has 0 atom stereocenters.